The molecular weight excluding hydrogens is 316 g/mol. The first-order valence-electron chi connectivity index (χ1n) is 7.72. The van der Waals surface area contributed by atoms with Gasteiger partial charge in [-0.3, -0.25) is 14.5 Å². The number of rotatable bonds is 6. The van der Waals surface area contributed by atoms with E-state index < -0.39 is 22.8 Å². The number of amides is 2. The van der Waals surface area contributed by atoms with Crippen molar-refractivity contribution in [3.05, 3.63) is 22.2 Å². The van der Waals surface area contributed by atoms with Gasteiger partial charge in [0.1, 0.15) is 6.54 Å². The molecule has 1 aromatic rings. The third-order valence-corrected chi connectivity index (χ3v) is 3.75. The summed E-state index contributed by atoms with van der Waals surface area (Å²) in [6.45, 7) is 3.93. The van der Waals surface area contributed by atoms with Crippen molar-refractivity contribution < 1.29 is 19.2 Å². The summed E-state index contributed by atoms with van der Waals surface area (Å²) in [5, 5.41) is 10.9. The van der Waals surface area contributed by atoms with E-state index in [4.69, 9.17) is 4.74 Å². The SMILES string of the molecule is CCCCN(C)C(=O)CN1C(=O)C(C)Oc2ccc([N+](=O)[O-])nc21. The zero-order chi connectivity index (χ0) is 17.9. The van der Waals surface area contributed by atoms with Gasteiger partial charge in [-0.25, -0.2) is 0 Å². The van der Waals surface area contributed by atoms with Crippen LogP contribution in [0.5, 0.6) is 5.75 Å². The van der Waals surface area contributed by atoms with Crippen LogP contribution >= 0.6 is 0 Å². The monoisotopic (exact) mass is 336 g/mol. The molecule has 0 N–H and O–H groups in total. The van der Waals surface area contributed by atoms with E-state index in [9.17, 15) is 19.7 Å². The number of nitro groups is 1. The Morgan fingerprint density at radius 3 is 2.83 bits per heavy atom. The van der Waals surface area contributed by atoms with Crippen LogP contribution in [0.25, 0.3) is 0 Å². The Kier molecular flexibility index (Phi) is 5.32. The van der Waals surface area contributed by atoms with Gasteiger partial charge in [-0.15, -0.1) is 0 Å². The molecule has 0 spiro atoms. The van der Waals surface area contributed by atoms with Crippen LogP contribution in [-0.4, -0.2) is 52.9 Å². The number of hydrogen-bond acceptors (Lipinski definition) is 6. The molecule has 1 aliphatic rings. The van der Waals surface area contributed by atoms with E-state index >= 15 is 0 Å². The molecule has 1 atom stereocenters. The Balaban J connectivity index is 2.28. The number of likely N-dealkylation sites (N-methyl/N-ethyl adjacent to an activating group) is 1. The molecule has 2 heterocycles. The van der Waals surface area contributed by atoms with Gasteiger partial charge in [-0.1, -0.05) is 13.3 Å². The number of anilines is 1. The third-order valence-electron chi connectivity index (χ3n) is 3.75. The van der Waals surface area contributed by atoms with Crippen LogP contribution in [0.2, 0.25) is 0 Å². The van der Waals surface area contributed by atoms with Gasteiger partial charge in [-0.05, 0) is 29.3 Å². The van der Waals surface area contributed by atoms with E-state index in [1.54, 1.807) is 14.0 Å². The first-order chi connectivity index (χ1) is 11.3. The lowest BCUT2D eigenvalue weighted by Crippen LogP contribution is -2.49. The van der Waals surface area contributed by atoms with Crippen LogP contribution in [0.3, 0.4) is 0 Å². The Morgan fingerprint density at radius 1 is 1.50 bits per heavy atom. The number of carbonyl (C=O) groups excluding carboxylic acids is 2. The molecular formula is C15H20N4O5. The molecule has 2 amide bonds. The fraction of sp³-hybridized carbons (Fsp3) is 0.533. The number of unbranched alkanes of at least 4 members (excludes halogenated alkanes) is 1. The molecule has 130 valence electrons. The summed E-state index contributed by atoms with van der Waals surface area (Å²) in [7, 11) is 1.66. The minimum atomic E-state index is -0.783. The highest BCUT2D eigenvalue weighted by Gasteiger charge is 2.38. The maximum atomic E-state index is 12.4. The number of hydrogen-bond donors (Lipinski definition) is 0. The van der Waals surface area contributed by atoms with Gasteiger partial charge in [-0.2, -0.15) is 0 Å². The minimum absolute atomic E-state index is 0.00421. The van der Waals surface area contributed by atoms with Crippen molar-refractivity contribution in [2.24, 2.45) is 0 Å². The second kappa shape index (κ2) is 7.24. The fourth-order valence-corrected chi connectivity index (χ4v) is 2.31. The molecule has 0 radical (unpaired) electrons. The van der Waals surface area contributed by atoms with E-state index in [1.165, 1.54) is 17.0 Å². The summed E-state index contributed by atoms with van der Waals surface area (Å²) in [5.74, 6) is -0.865. The second-order valence-corrected chi connectivity index (χ2v) is 5.60. The molecule has 0 aliphatic carbocycles. The minimum Gasteiger partial charge on any atom is -0.475 e. The molecule has 1 aliphatic heterocycles. The molecule has 0 saturated carbocycles. The van der Waals surface area contributed by atoms with Crippen molar-refractivity contribution in [3.63, 3.8) is 0 Å². The zero-order valence-electron chi connectivity index (χ0n) is 13.9. The Labute approximate surface area is 139 Å². The number of aromatic nitrogens is 1. The molecule has 1 unspecified atom stereocenters. The van der Waals surface area contributed by atoms with Crippen LogP contribution in [0.15, 0.2) is 12.1 Å². The molecule has 0 bridgehead atoms. The molecule has 24 heavy (non-hydrogen) atoms. The summed E-state index contributed by atoms with van der Waals surface area (Å²) in [6.07, 6.45) is 1.02. The van der Waals surface area contributed by atoms with E-state index in [2.05, 4.69) is 4.98 Å². The fourth-order valence-electron chi connectivity index (χ4n) is 2.31. The van der Waals surface area contributed by atoms with Crippen LogP contribution in [-0.2, 0) is 9.59 Å². The molecule has 0 saturated heterocycles. The first-order valence-corrected chi connectivity index (χ1v) is 7.72. The quantitative estimate of drug-likeness (QED) is 0.573. The largest absolute Gasteiger partial charge is 0.475 e. The maximum absolute atomic E-state index is 12.4. The van der Waals surface area contributed by atoms with Gasteiger partial charge in [0.15, 0.2) is 11.9 Å². The average molecular weight is 336 g/mol. The van der Waals surface area contributed by atoms with Crippen LogP contribution < -0.4 is 9.64 Å². The van der Waals surface area contributed by atoms with E-state index in [-0.39, 0.29) is 24.0 Å². The van der Waals surface area contributed by atoms with Gasteiger partial charge in [0, 0.05) is 19.7 Å². The van der Waals surface area contributed by atoms with Crippen molar-refractivity contribution in [1.82, 2.24) is 9.88 Å². The van der Waals surface area contributed by atoms with Crippen molar-refractivity contribution in [2.75, 3.05) is 25.0 Å². The number of fused-ring (bicyclic) bond motifs is 1. The van der Waals surface area contributed by atoms with Gasteiger partial charge in [0.25, 0.3) is 11.7 Å². The Bertz CT molecular complexity index is 663. The van der Waals surface area contributed by atoms with E-state index in [0.717, 1.165) is 17.7 Å². The Morgan fingerprint density at radius 2 is 2.21 bits per heavy atom. The van der Waals surface area contributed by atoms with Crippen LogP contribution in [0.4, 0.5) is 11.6 Å². The van der Waals surface area contributed by atoms with Gasteiger partial charge >= 0.3 is 5.82 Å². The van der Waals surface area contributed by atoms with Crippen LogP contribution in [0.1, 0.15) is 26.7 Å². The van der Waals surface area contributed by atoms with Gasteiger partial charge in [0.2, 0.25) is 5.91 Å². The third kappa shape index (κ3) is 3.61. The maximum Gasteiger partial charge on any atom is 0.366 e. The summed E-state index contributed by atoms with van der Waals surface area (Å²) in [5.41, 5.74) is 0. The van der Waals surface area contributed by atoms with E-state index in [0.29, 0.717) is 6.54 Å². The highest BCUT2D eigenvalue weighted by atomic mass is 16.6. The lowest BCUT2D eigenvalue weighted by molar-refractivity contribution is -0.389. The molecule has 0 fully saturated rings. The normalized spacial score (nSPS) is 16.4. The van der Waals surface area contributed by atoms with Gasteiger partial charge in [0.05, 0.1) is 0 Å². The first kappa shape index (κ1) is 17.6. The summed E-state index contributed by atoms with van der Waals surface area (Å²) >= 11 is 0. The zero-order valence-corrected chi connectivity index (χ0v) is 13.9. The van der Waals surface area contributed by atoms with Crippen molar-refractivity contribution in [2.45, 2.75) is 32.8 Å². The lowest BCUT2D eigenvalue weighted by atomic mass is 10.2. The highest BCUT2D eigenvalue weighted by molar-refractivity contribution is 6.02. The molecule has 2 rings (SSSR count). The Hall–Kier alpha value is -2.71. The van der Waals surface area contributed by atoms with Crippen molar-refractivity contribution in [1.29, 1.82) is 0 Å². The molecule has 9 heteroatoms. The van der Waals surface area contributed by atoms with Crippen molar-refractivity contribution >= 4 is 23.5 Å². The number of nitrogens with zero attached hydrogens (tertiary/aromatic N) is 4. The average Bonchev–Trinajstić information content (AvgIpc) is 2.56. The van der Waals surface area contributed by atoms with E-state index in [1.807, 2.05) is 6.92 Å². The standard InChI is InChI=1S/C15H20N4O5/c1-4-5-8-17(3)13(20)9-18-14-11(24-10(2)15(18)21)6-7-12(16-14)19(22)23/h6-7,10H,4-5,8-9H2,1-3H3. The number of carbonyl (C=O) groups is 2. The number of ether oxygens (including phenoxy) is 1. The smallest absolute Gasteiger partial charge is 0.366 e. The highest BCUT2D eigenvalue weighted by Crippen LogP contribution is 2.33. The van der Waals surface area contributed by atoms with Gasteiger partial charge < -0.3 is 19.8 Å². The number of pyridine rings is 1. The van der Waals surface area contributed by atoms with Crippen LogP contribution in [0, 0.1) is 10.1 Å². The summed E-state index contributed by atoms with van der Waals surface area (Å²) < 4.78 is 5.41. The summed E-state index contributed by atoms with van der Waals surface area (Å²) in [4.78, 5) is 41.5. The molecule has 1 aromatic heterocycles. The molecule has 9 nitrogen and oxygen atoms in total. The predicted octanol–water partition coefficient (Wildman–Crippen LogP) is 1.36. The second-order valence-electron chi connectivity index (χ2n) is 5.60. The predicted molar refractivity (Wildman–Crippen MR) is 85.9 cm³/mol. The van der Waals surface area contributed by atoms with Crippen molar-refractivity contribution in [3.8, 4) is 5.75 Å². The topological polar surface area (TPSA) is 106 Å². The summed E-state index contributed by atoms with van der Waals surface area (Å²) in [6, 6.07) is 2.59. The lowest BCUT2D eigenvalue weighted by Gasteiger charge is -2.30. The molecule has 0 aromatic carbocycles.